The number of benzene rings is 2. The molecule has 0 spiro atoms. The van der Waals surface area contributed by atoms with Crippen molar-refractivity contribution in [3.63, 3.8) is 0 Å². The molecule has 0 amide bonds. The predicted octanol–water partition coefficient (Wildman–Crippen LogP) is 3.30. The summed E-state index contributed by atoms with van der Waals surface area (Å²) in [5, 5.41) is 36.1. The Kier molecular flexibility index (Phi) is 5.32. The number of phenols is 2. The highest BCUT2D eigenvalue weighted by molar-refractivity contribution is 6.02. The number of aromatic hydroxyl groups is 3. The number of hydrogen-bond acceptors (Lipinski definition) is 5. The Morgan fingerprint density at radius 1 is 1.00 bits per heavy atom. The standard InChI is InChI=1S/C23H28N4O3/c1-24-8-6-16-21-17(26-23(16)30)10-14(11-19(21)29)15-4-5-18(28)20-13(7-9-27(2)3)12-25-22(15)20/h4-5,10-12,24-26,28-30H,6-9H2,1-3H3. The molecule has 0 unspecified atom stereocenters. The monoisotopic (exact) mass is 408 g/mol. The topological polar surface area (TPSA) is 108 Å². The molecule has 0 fully saturated rings. The normalized spacial score (nSPS) is 11.9. The molecule has 0 aliphatic rings. The molecule has 0 radical (unpaired) electrons. The van der Waals surface area contributed by atoms with Crippen molar-refractivity contribution in [1.82, 2.24) is 20.2 Å². The highest BCUT2D eigenvalue weighted by Crippen LogP contribution is 2.41. The molecule has 30 heavy (non-hydrogen) atoms. The summed E-state index contributed by atoms with van der Waals surface area (Å²) in [5.74, 6) is 0.432. The van der Waals surface area contributed by atoms with E-state index in [1.54, 1.807) is 12.1 Å². The third-order valence-electron chi connectivity index (χ3n) is 5.62. The minimum absolute atomic E-state index is 0.0781. The van der Waals surface area contributed by atoms with E-state index in [9.17, 15) is 15.3 Å². The lowest BCUT2D eigenvalue weighted by Gasteiger charge is -2.10. The Bertz CT molecular complexity index is 1210. The molecular formula is C23H28N4O3. The Hall–Kier alpha value is -3.16. The number of phenolic OH excluding ortho intramolecular Hbond substituents is 2. The fraction of sp³-hybridized carbons (Fsp3) is 0.304. The van der Waals surface area contributed by atoms with Gasteiger partial charge in [-0.1, -0.05) is 0 Å². The second kappa shape index (κ2) is 7.93. The van der Waals surface area contributed by atoms with Gasteiger partial charge in [-0.15, -0.1) is 0 Å². The molecule has 0 aliphatic carbocycles. The molecule has 7 heteroatoms. The molecule has 2 aromatic carbocycles. The summed E-state index contributed by atoms with van der Waals surface area (Å²) < 4.78 is 0. The molecule has 7 nitrogen and oxygen atoms in total. The number of H-pyrrole nitrogens is 2. The molecule has 4 aromatic rings. The molecule has 158 valence electrons. The van der Waals surface area contributed by atoms with Gasteiger partial charge >= 0.3 is 0 Å². The van der Waals surface area contributed by atoms with Gasteiger partial charge in [-0.3, -0.25) is 0 Å². The van der Waals surface area contributed by atoms with Gasteiger partial charge in [0.25, 0.3) is 0 Å². The maximum atomic E-state index is 10.8. The number of fused-ring (bicyclic) bond motifs is 2. The van der Waals surface area contributed by atoms with Crippen LogP contribution < -0.4 is 5.32 Å². The van der Waals surface area contributed by atoms with E-state index in [2.05, 4.69) is 20.2 Å². The quantitative estimate of drug-likeness (QED) is 0.281. The second-order valence-corrected chi connectivity index (χ2v) is 7.97. The molecule has 0 bridgehead atoms. The van der Waals surface area contributed by atoms with Crippen LogP contribution in [0, 0.1) is 0 Å². The molecular weight excluding hydrogens is 380 g/mol. The molecule has 4 rings (SSSR count). The van der Waals surface area contributed by atoms with Crippen LogP contribution in [0.1, 0.15) is 11.1 Å². The zero-order valence-electron chi connectivity index (χ0n) is 17.5. The maximum absolute atomic E-state index is 10.8. The predicted molar refractivity (Wildman–Crippen MR) is 120 cm³/mol. The van der Waals surface area contributed by atoms with E-state index < -0.39 is 0 Å². The van der Waals surface area contributed by atoms with Crippen molar-refractivity contribution >= 4 is 21.8 Å². The van der Waals surface area contributed by atoms with Gasteiger partial charge in [-0.25, -0.2) is 0 Å². The van der Waals surface area contributed by atoms with Gasteiger partial charge < -0.3 is 35.5 Å². The van der Waals surface area contributed by atoms with Crippen LogP contribution >= 0.6 is 0 Å². The van der Waals surface area contributed by atoms with Crippen molar-refractivity contribution in [2.75, 3.05) is 34.2 Å². The van der Waals surface area contributed by atoms with Gasteiger partial charge in [0.15, 0.2) is 5.88 Å². The first-order valence-electron chi connectivity index (χ1n) is 10.1. The fourth-order valence-electron chi connectivity index (χ4n) is 4.09. The third-order valence-corrected chi connectivity index (χ3v) is 5.62. The fourth-order valence-corrected chi connectivity index (χ4v) is 4.09. The van der Waals surface area contributed by atoms with E-state index in [0.717, 1.165) is 40.6 Å². The van der Waals surface area contributed by atoms with Gasteiger partial charge in [-0.05, 0) is 75.9 Å². The van der Waals surface area contributed by atoms with Crippen molar-refractivity contribution in [3.05, 3.63) is 41.6 Å². The lowest BCUT2D eigenvalue weighted by Crippen LogP contribution is -2.14. The number of nitrogens with one attached hydrogen (secondary N) is 3. The van der Waals surface area contributed by atoms with Crippen LogP contribution in [0.5, 0.6) is 17.4 Å². The number of aromatic amines is 2. The second-order valence-electron chi connectivity index (χ2n) is 7.97. The van der Waals surface area contributed by atoms with Gasteiger partial charge in [0.2, 0.25) is 0 Å². The molecule has 0 saturated carbocycles. The van der Waals surface area contributed by atoms with E-state index in [-0.39, 0.29) is 17.4 Å². The van der Waals surface area contributed by atoms with Crippen molar-refractivity contribution in [2.24, 2.45) is 0 Å². The smallest absolute Gasteiger partial charge is 0.192 e. The van der Waals surface area contributed by atoms with E-state index in [4.69, 9.17) is 0 Å². The van der Waals surface area contributed by atoms with E-state index in [0.29, 0.717) is 29.4 Å². The average Bonchev–Trinajstić information content (AvgIpc) is 3.26. The van der Waals surface area contributed by atoms with Crippen LogP contribution in [-0.4, -0.2) is 64.4 Å². The van der Waals surface area contributed by atoms with Crippen LogP contribution in [0.3, 0.4) is 0 Å². The Morgan fingerprint density at radius 3 is 2.53 bits per heavy atom. The van der Waals surface area contributed by atoms with E-state index in [1.807, 2.05) is 39.5 Å². The number of nitrogens with zero attached hydrogens (tertiary/aromatic N) is 1. The third kappa shape index (κ3) is 3.46. The molecule has 0 aliphatic heterocycles. The number of hydrogen-bond donors (Lipinski definition) is 6. The lowest BCUT2D eigenvalue weighted by molar-refractivity contribution is 0.414. The van der Waals surface area contributed by atoms with Gasteiger partial charge in [0.1, 0.15) is 11.5 Å². The first-order valence-corrected chi connectivity index (χ1v) is 10.1. The van der Waals surface area contributed by atoms with Crippen molar-refractivity contribution in [1.29, 1.82) is 0 Å². The number of aromatic nitrogens is 2. The van der Waals surface area contributed by atoms with Crippen LogP contribution in [0.15, 0.2) is 30.5 Å². The lowest BCUT2D eigenvalue weighted by atomic mass is 9.98. The summed E-state index contributed by atoms with van der Waals surface area (Å²) in [6, 6.07) is 7.17. The zero-order valence-corrected chi connectivity index (χ0v) is 17.5. The Morgan fingerprint density at radius 2 is 1.80 bits per heavy atom. The highest BCUT2D eigenvalue weighted by atomic mass is 16.3. The van der Waals surface area contributed by atoms with Crippen LogP contribution in [0.2, 0.25) is 0 Å². The Labute approximate surface area is 175 Å². The van der Waals surface area contributed by atoms with E-state index >= 15 is 0 Å². The summed E-state index contributed by atoms with van der Waals surface area (Å²) in [6.45, 7) is 1.57. The summed E-state index contributed by atoms with van der Waals surface area (Å²) in [7, 11) is 5.90. The summed E-state index contributed by atoms with van der Waals surface area (Å²) in [4.78, 5) is 8.40. The van der Waals surface area contributed by atoms with Gasteiger partial charge in [-0.2, -0.15) is 0 Å². The maximum Gasteiger partial charge on any atom is 0.192 e. The van der Waals surface area contributed by atoms with Crippen LogP contribution in [0.25, 0.3) is 32.9 Å². The van der Waals surface area contributed by atoms with Gasteiger partial charge in [0.05, 0.1) is 11.0 Å². The number of rotatable bonds is 7. The average molecular weight is 409 g/mol. The van der Waals surface area contributed by atoms with E-state index in [1.165, 1.54) is 0 Å². The van der Waals surface area contributed by atoms with Crippen molar-refractivity contribution in [2.45, 2.75) is 12.8 Å². The minimum Gasteiger partial charge on any atom is -0.507 e. The first-order chi connectivity index (χ1) is 14.4. The molecule has 0 saturated heterocycles. The summed E-state index contributed by atoms with van der Waals surface area (Å²) in [6.07, 6.45) is 3.35. The first kappa shape index (κ1) is 20.1. The molecule has 0 atom stereocenters. The number of likely N-dealkylation sites (N-methyl/N-ethyl adjacent to an activating group) is 2. The van der Waals surface area contributed by atoms with Crippen molar-refractivity contribution in [3.8, 4) is 28.5 Å². The SMILES string of the molecule is CNCCc1c(O)[nH]c2cc(-c3ccc(O)c4c(CCN(C)C)c[nH]c34)cc(O)c12. The van der Waals surface area contributed by atoms with Crippen LogP contribution in [-0.2, 0) is 12.8 Å². The van der Waals surface area contributed by atoms with Crippen molar-refractivity contribution < 1.29 is 15.3 Å². The molecule has 6 N–H and O–H groups in total. The summed E-state index contributed by atoms with van der Waals surface area (Å²) >= 11 is 0. The largest absolute Gasteiger partial charge is 0.507 e. The molecule has 2 aromatic heterocycles. The Balaban J connectivity index is 1.83. The summed E-state index contributed by atoms with van der Waals surface area (Å²) in [5.41, 5.74) is 4.93. The zero-order chi connectivity index (χ0) is 21.4. The molecule has 2 heterocycles. The highest BCUT2D eigenvalue weighted by Gasteiger charge is 2.18. The minimum atomic E-state index is 0.0781. The van der Waals surface area contributed by atoms with Crippen LogP contribution in [0.4, 0.5) is 0 Å². The van der Waals surface area contributed by atoms with Gasteiger partial charge in [0, 0.05) is 34.6 Å².